The molecule has 2 N–H and O–H groups in total. The number of nitrogens with one attached hydrogen (secondary N) is 1. The Labute approximate surface area is 168 Å². The topological polar surface area (TPSA) is 75.6 Å². The van der Waals surface area contributed by atoms with Gasteiger partial charge in [0.15, 0.2) is 0 Å². The number of hydrogen-bond acceptors (Lipinski definition) is 3. The van der Waals surface area contributed by atoms with Gasteiger partial charge in [0.05, 0.1) is 19.1 Å². The molecule has 0 bridgehead atoms. The van der Waals surface area contributed by atoms with Crippen LogP contribution in [0.3, 0.4) is 0 Å². The van der Waals surface area contributed by atoms with Crippen molar-refractivity contribution < 1.29 is 32.6 Å². The molecule has 29 heavy (non-hydrogen) atoms. The zero-order valence-corrected chi connectivity index (χ0v) is 16.7. The van der Waals surface area contributed by atoms with E-state index < -0.39 is 29.5 Å². The van der Waals surface area contributed by atoms with Gasteiger partial charge < -0.3 is 15.2 Å². The molecule has 0 fully saturated rings. The van der Waals surface area contributed by atoms with E-state index in [1.165, 1.54) is 32.3 Å². The third-order valence-electron chi connectivity index (χ3n) is 4.11. The second kappa shape index (κ2) is 11.3. The van der Waals surface area contributed by atoms with E-state index in [4.69, 9.17) is 9.84 Å². The van der Waals surface area contributed by atoms with E-state index in [-0.39, 0.29) is 24.3 Å². The Hall–Kier alpha value is -2.77. The van der Waals surface area contributed by atoms with Gasteiger partial charge in [-0.05, 0) is 36.5 Å². The molecule has 1 aliphatic rings. The predicted molar refractivity (Wildman–Crippen MR) is 104 cm³/mol. The number of allylic oxidation sites excluding steroid dienone is 7. The van der Waals surface area contributed by atoms with Gasteiger partial charge in [-0.3, -0.25) is 9.59 Å². The summed E-state index contributed by atoms with van der Waals surface area (Å²) in [7, 11) is 1.17. The van der Waals surface area contributed by atoms with E-state index in [0.29, 0.717) is 5.57 Å². The van der Waals surface area contributed by atoms with E-state index in [1.54, 1.807) is 6.08 Å². The van der Waals surface area contributed by atoms with E-state index in [2.05, 4.69) is 5.32 Å². The molecule has 0 saturated carbocycles. The van der Waals surface area contributed by atoms with Gasteiger partial charge in [-0.25, -0.2) is 0 Å². The predicted octanol–water partition coefficient (Wildman–Crippen LogP) is 4.80. The van der Waals surface area contributed by atoms with E-state index >= 15 is 0 Å². The normalized spacial score (nSPS) is 18.3. The molecule has 0 aliphatic heterocycles. The van der Waals surface area contributed by atoms with Crippen LogP contribution in [0.5, 0.6) is 0 Å². The lowest BCUT2D eigenvalue weighted by molar-refractivity contribution is -0.136. The smallest absolute Gasteiger partial charge is 0.416 e. The van der Waals surface area contributed by atoms with Crippen molar-refractivity contribution in [3.63, 3.8) is 0 Å². The Kier molecular flexibility index (Phi) is 9.44. The summed E-state index contributed by atoms with van der Waals surface area (Å²) in [4.78, 5) is 23.1. The van der Waals surface area contributed by atoms with Gasteiger partial charge in [-0.1, -0.05) is 38.5 Å². The van der Waals surface area contributed by atoms with Crippen LogP contribution < -0.4 is 5.32 Å². The Morgan fingerprint density at radius 2 is 2.07 bits per heavy atom. The highest BCUT2D eigenvalue weighted by molar-refractivity contribution is 5.90. The van der Waals surface area contributed by atoms with Crippen LogP contribution >= 0.6 is 0 Å². The SMILES string of the molecule is CCC/C=C\C=C(/CC(=O)O)NC(=O)/C=C/C1=CC(OC)=C(C(F)(F)F)C(C)C1. The summed E-state index contributed by atoms with van der Waals surface area (Å²) < 4.78 is 44.4. The van der Waals surface area contributed by atoms with E-state index in [1.807, 2.05) is 13.0 Å². The molecule has 1 rings (SSSR count). The molecule has 1 atom stereocenters. The first kappa shape index (κ1) is 24.3. The van der Waals surface area contributed by atoms with Crippen LogP contribution in [0.4, 0.5) is 13.2 Å². The third-order valence-corrected chi connectivity index (χ3v) is 4.11. The largest absolute Gasteiger partial charge is 0.496 e. The number of hydrogen-bond donors (Lipinski definition) is 2. The highest BCUT2D eigenvalue weighted by Gasteiger charge is 2.41. The number of amides is 1. The molecule has 1 amide bonds. The number of unbranched alkanes of at least 4 members (excludes halogenated alkanes) is 1. The standard InChI is InChI=1S/C21H26F3NO4/c1-4-5-6-7-8-16(13-19(27)28)25-18(26)10-9-15-11-14(2)20(21(22,23)24)17(12-15)29-3/h6-10,12,14H,4-5,11,13H2,1-3H3,(H,25,26)(H,27,28)/b7-6-,10-9+,16-8+. The molecule has 0 aromatic carbocycles. The molecule has 0 saturated heterocycles. The first-order valence-corrected chi connectivity index (χ1v) is 9.20. The van der Waals surface area contributed by atoms with Gasteiger partial charge in [0.2, 0.25) is 5.91 Å². The molecule has 0 spiro atoms. The van der Waals surface area contributed by atoms with Gasteiger partial charge in [0.1, 0.15) is 5.76 Å². The number of carbonyl (C=O) groups is 2. The summed E-state index contributed by atoms with van der Waals surface area (Å²) >= 11 is 0. The fraction of sp³-hybridized carbons (Fsp3) is 0.429. The van der Waals surface area contributed by atoms with Crippen LogP contribution in [0.25, 0.3) is 0 Å². The molecule has 8 heteroatoms. The van der Waals surface area contributed by atoms with Crippen LogP contribution in [0.1, 0.15) is 39.5 Å². The van der Waals surface area contributed by atoms with Crippen LogP contribution in [0.2, 0.25) is 0 Å². The lowest BCUT2D eigenvalue weighted by atomic mass is 9.86. The molecule has 1 aliphatic carbocycles. The molecule has 160 valence electrons. The zero-order chi connectivity index (χ0) is 22.0. The number of alkyl halides is 3. The quantitative estimate of drug-likeness (QED) is 0.420. The first-order valence-electron chi connectivity index (χ1n) is 9.20. The molecular weight excluding hydrogens is 387 g/mol. The van der Waals surface area contributed by atoms with Crippen molar-refractivity contribution in [1.29, 1.82) is 0 Å². The molecule has 0 aromatic heterocycles. The van der Waals surface area contributed by atoms with Crippen molar-refractivity contribution in [1.82, 2.24) is 5.32 Å². The average molecular weight is 413 g/mol. The Balaban J connectivity index is 2.93. The van der Waals surface area contributed by atoms with Crippen molar-refractivity contribution in [2.24, 2.45) is 5.92 Å². The number of carbonyl (C=O) groups excluding carboxylic acids is 1. The Bertz CT molecular complexity index is 758. The number of halogens is 3. The van der Waals surface area contributed by atoms with Crippen molar-refractivity contribution in [2.75, 3.05) is 7.11 Å². The maximum atomic E-state index is 13.2. The number of rotatable bonds is 9. The maximum Gasteiger partial charge on any atom is 0.416 e. The summed E-state index contributed by atoms with van der Waals surface area (Å²) in [6, 6.07) is 0. The molecule has 0 heterocycles. The molecular formula is C21H26F3NO4. The highest BCUT2D eigenvalue weighted by Crippen LogP contribution is 2.40. The summed E-state index contributed by atoms with van der Waals surface area (Å²) in [5.41, 5.74) is -0.0152. The van der Waals surface area contributed by atoms with E-state index in [9.17, 15) is 22.8 Å². The average Bonchev–Trinajstić information content (AvgIpc) is 2.61. The van der Waals surface area contributed by atoms with Crippen LogP contribution in [0, 0.1) is 5.92 Å². The molecule has 0 aromatic rings. The zero-order valence-electron chi connectivity index (χ0n) is 16.7. The minimum absolute atomic E-state index is 0.100. The maximum absolute atomic E-state index is 13.2. The molecule has 0 radical (unpaired) electrons. The van der Waals surface area contributed by atoms with Crippen molar-refractivity contribution in [3.05, 3.63) is 59.1 Å². The summed E-state index contributed by atoms with van der Waals surface area (Å²) in [5.74, 6) is -2.75. The molecule has 5 nitrogen and oxygen atoms in total. The fourth-order valence-corrected chi connectivity index (χ4v) is 2.85. The van der Waals surface area contributed by atoms with Gasteiger partial charge >= 0.3 is 12.1 Å². The number of ether oxygens (including phenoxy) is 1. The Morgan fingerprint density at radius 3 is 2.62 bits per heavy atom. The van der Waals surface area contributed by atoms with Crippen molar-refractivity contribution in [3.8, 4) is 0 Å². The summed E-state index contributed by atoms with van der Waals surface area (Å²) in [6.45, 7) is 3.44. The summed E-state index contributed by atoms with van der Waals surface area (Å²) in [6.07, 6.45) is 5.88. The lowest BCUT2D eigenvalue weighted by Crippen LogP contribution is -2.24. The van der Waals surface area contributed by atoms with Gasteiger partial charge in [0, 0.05) is 11.8 Å². The number of carboxylic acid groups (broad SMARTS) is 1. The number of aliphatic carboxylic acids is 1. The second-order valence-corrected chi connectivity index (χ2v) is 6.61. The highest BCUT2D eigenvalue weighted by atomic mass is 19.4. The van der Waals surface area contributed by atoms with Gasteiger partial charge in [-0.15, -0.1) is 0 Å². The van der Waals surface area contributed by atoms with Crippen molar-refractivity contribution >= 4 is 11.9 Å². The minimum Gasteiger partial charge on any atom is -0.496 e. The van der Waals surface area contributed by atoms with E-state index in [0.717, 1.165) is 18.9 Å². The van der Waals surface area contributed by atoms with Gasteiger partial charge in [0.25, 0.3) is 0 Å². The number of methoxy groups -OCH3 is 1. The monoisotopic (exact) mass is 413 g/mol. The van der Waals surface area contributed by atoms with Gasteiger partial charge in [-0.2, -0.15) is 13.2 Å². The first-order chi connectivity index (χ1) is 13.6. The van der Waals surface area contributed by atoms with Crippen molar-refractivity contribution in [2.45, 2.75) is 45.7 Å². The minimum atomic E-state index is -4.49. The van der Waals surface area contributed by atoms with Crippen LogP contribution in [-0.4, -0.2) is 30.3 Å². The van der Waals surface area contributed by atoms with Crippen LogP contribution in [0.15, 0.2) is 59.1 Å². The Morgan fingerprint density at radius 1 is 1.38 bits per heavy atom. The van der Waals surface area contributed by atoms with Crippen LogP contribution in [-0.2, 0) is 14.3 Å². The molecule has 1 unspecified atom stereocenters. The second-order valence-electron chi connectivity index (χ2n) is 6.61. The lowest BCUT2D eigenvalue weighted by Gasteiger charge is -2.25. The third kappa shape index (κ3) is 8.41. The summed E-state index contributed by atoms with van der Waals surface area (Å²) in [5, 5.41) is 11.4. The fourth-order valence-electron chi connectivity index (χ4n) is 2.85. The number of carboxylic acids is 1.